The number of rotatable bonds is 4. The van der Waals surface area contributed by atoms with Crippen molar-refractivity contribution in [3.8, 4) is 0 Å². The minimum atomic E-state index is 0.649. The maximum atomic E-state index is 6.03. The summed E-state index contributed by atoms with van der Waals surface area (Å²) in [5, 5.41) is 2.59. The molecule has 2 nitrogen and oxygen atoms in total. The Labute approximate surface area is 123 Å². The Bertz CT molecular complexity index is 534. The third-order valence-corrected chi connectivity index (χ3v) is 5.05. The minimum Gasteiger partial charge on any atom is -0.358 e. The molecule has 2 aromatic rings. The molecule has 4 heteroatoms. The van der Waals surface area contributed by atoms with Crippen LogP contribution in [0, 0.1) is 0 Å². The number of nitrogens with zero attached hydrogens (tertiary/aromatic N) is 2. The average molecular weight is 295 g/mol. The molecule has 19 heavy (non-hydrogen) atoms. The molecule has 0 unspecified atom stereocenters. The van der Waals surface area contributed by atoms with Gasteiger partial charge >= 0.3 is 0 Å². The highest BCUT2D eigenvalue weighted by atomic mass is 35.5. The molecule has 0 spiro atoms. The van der Waals surface area contributed by atoms with Gasteiger partial charge in [-0.25, -0.2) is 0 Å². The van der Waals surface area contributed by atoms with Crippen LogP contribution in [0.3, 0.4) is 0 Å². The van der Waals surface area contributed by atoms with Crippen LogP contribution < -0.4 is 4.90 Å². The van der Waals surface area contributed by atoms with Crippen LogP contribution in [0.1, 0.15) is 32.1 Å². The summed E-state index contributed by atoms with van der Waals surface area (Å²) < 4.78 is 4.57. The quantitative estimate of drug-likeness (QED) is 0.762. The highest BCUT2D eigenvalue weighted by molar-refractivity contribution is 7.11. The first-order chi connectivity index (χ1) is 9.40. The van der Waals surface area contributed by atoms with Gasteiger partial charge in [0.2, 0.25) is 0 Å². The van der Waals surface area contributed by atoms with E-state index in [0.29, 0.717) is 11.9 Å². The maximum Gasteiger partial charge on any atom is 0.120 e. The number of aromatic nitrogens is 1. The van der Waals surface area contributed by atoms with Gasteiger partial charge in [0.1, 0.15) is 5.00 Å². The van der Waals surface area contributed by atoms with E-state index in [1.807, 2.05) is 0 Å². The summed E-state index contributed by atoms with van der Waals surface area (Å²) in [6.45, 7) is 0.929. The normalized spacial score (nSPS) is 16.9. The lowest BCUT2D eigenvalue weighted by atomic mass is 9.94. The third kappa shape index (κ3) is 2.72. The molecule has 1 heterocycles. The SMILES string of the molecule is ClCCN(c1snc2ccccc12)C1CCCCC1. The Morgan fingerprint density at radius 2 is 2.00 bits per heavy atom. The maximum absolute atomic E-state index is 6.03. The molecule has 1 aliphatic carbocycles. The molecule has 3 rings (SSSR count). The van der Waals surface area contributed by atoms with Gasteiger partial charge < -0.3 is 4.90 Å². The van der Waals surface area contributed by atoms with Crippen LogP contribution >= 0.6 is 23.1 Å². The van der Waals surface area contributed by atoms with Gasteiger partial charge in [-0.2, -0.15) is 4.37 Å². The summed E-state index contributed by atoms with van der Waals surface area (Å²) in [5.74, 6) is 0.683. The molecule has 0 saturated heterocycles. The fourth-order valence-electron chi connectivity index (χ4n) is 3.02. The molecule has 1 saturated carbocycles. The van der Waals surface area contributed by atoms with Crippen molar-refractivity contribution in [1.29, 1.82) is 0 Å². The number of benzene rings is 1. The lowest BCUT2D eigenvalue weighted by Crippen LogP contribution is -2.37. The zero-order chi connectivity index (χ0) is 13.1. The van der Waals surface area contributed by atoms with Crippen molar-refractivity contribution in [2.24, 2.45) is 0 Å². The topological polar surface area (TPSA) is 16.1 Å². The first-order valence-electron chi connectivity index (χ1n) is 7.07. The summed E-state index contributed by atoms with van der Waals surface area (Å²) in [6, 6.07) is 9.07. The second-order valence-corrected chi connectivity index (χ2v) is 6.31. The third-order valence-electron chi connectivity index (χ3n) is 3.97. The second kappa shape index (κ2) is 6.10. The van der Waals surface area contributed by atoms with Crippen LogP contribution in [0.5, 0.6) is 0 Å². The smallest absolute Gasteiger partial charge is 0.120 e. The van der Waals surface area contributed by atoms with Crippen molar-refractivity contribution >= 4 is 39.0 Å². The molecule has 0 amide bonds. The highest BCUT2D eigenvalue weighted by Gasteiger charge is 2.23. The summed E-state index contributed by atoms with van der Waals surface area (Å²) in [6.07, 6.45) is 6.67. The fourth-order valence-corrected chi connectivity index (χ4v) is 4.16. The van der Waals surface area contributed by atoms with Gasteiger partial charge in [0.05, 0.1) is 5.52 Å². The monoisotopic (exact) mass is 294 g/mol. The summed E-state index contributed by atoms with van der Waals surface area (Å²) in [5.41, 5.74) is 1.11. The van der Waals surface area contributed by atoms with Crippen LogP contribution in [0.15, 0.2) is 24.3 Å². The number of alkyl halides is 1. The van der Waals surface area contributed by atoms with Gasteiger partial charge in [0.25, 0.3) is 0 Å². The van der Waals surface area contributed by atoms with E-state index < -0.39 is 0 Å². The number of halogens is 1. The molecule has 0 radical (unpaired) electrons. The van der Waals surface area contributed by atoms with E-state index >= 15 is 0 Å². The first-order valence-corrected chi connectivity index (χ1v) is 8.38. The lowest BCUT2D eigenvalue weighted by molar-refractivity contribution is 0.420. The molecule has 0 bridgehead atoms. The Morgan fingerprint density at radius 3 is 2.79 bits per heavy atom. The molecule has 1 aromatic carbocycles. The summed E-state index contributed by atoms with van der Waals surface area (Å²) in [4.78, 5) is 2.51. The summed E-state index contributed by atoms with van der Waals surface area (Å²) >= 11 is 7.65. The van der Waals surface area contributed by atoms with E-state index in [1.54, 1.807) is 11.5 Å². The zero-order valence-electron chi connectivity index (χ0n) is 11.0. The number of anilines is 1. The average Bonchev–Trinajstić information content (AvgIpc) is 2.89. The minimum absolute atomic E-state index is 0.649. The predicted molar refractivity (Wildman–Crippen MR) is 84.6 cm³/mol. The largest absolute Gasteiger partial charge is 0.358 e. The van der Waals surface area contributed by atoms with Crippen molar-refractivity contribution in [3.63, 3.8) is 0 Å². The predicted octanol–water partition coefficient (Wildman–Crippen LogP) is 4.67. The van der Waals surface area contributed by atoms with Gasteiger partial charge in [-0.3, -0.25) is 0 Å². The molecule has 1 aliphatic rings. The highest BCUT2D eigenvalue weighted by Crippen LogP contribution is 2.35. The Hall–Kier alpha value is -0.800. The van der Waals surface area contributed by atoms with Crippen molar-refractivity contribution < 1.29 is 0 Å². The van der Waals surface area contributed by atoms with E-state index in [2.05, 4.69) is 33.5 Å². The standard InChI is InChI=1S/C15H19ClN2S/c16-10-11-18(12-6-2-1-3-7-12)15-13-8-4-5-9-14(13)17-19-15/h4-5,8-9,12H,1-3,6-7,10-11H2. The molecular weight excluding hydrogens is 276 g/mol. The van der Waals surface area contributed by atoms with E-state index in [1.165, 1.54) is 42.5 Å². The van der Waals surface area contributed by atoms with Crippen molar-refractivity contribution in [3.05, 3.63) is 24.3 Å². The van der Waals surface area contributed by atoms with E-state index in [9.17, 15) is 0 Å². The van der Waals surface area contributed by atoms with Gasteiger partial charge in [-0.1, -0.05) is 31.4 Å². The Morgan fingerprint density at radius 1 is 1.21 bits per heavy atom. The lowest BCUT2D eigenvalue weighted by Gasteiger charge is -2.34. The van der Waals surface area contributed by atoms with Gasteiger partial charge in [-0.15, -0.1) is 11.6 Å². The van der Waals surface area contributed by atoms with E-state index in [-0.39, 0.29) is 0 Å². The number of hydrogen-bond donors (Lipinski definition) is 0. The van der Waals surface area contributed by atoms with Crippen molar-refractivity contribution in [2.45, 2.75) is 38.1 Å². The first kappa shape index (κ1) is 13.2. The molecule has 0 aliphatic heterocycles. The Kier molecular flexibility index (Phi) is 4.24. The molecule has 1 fully saturated rings. The molecule has 0 atom stereocenters. The van der Waals surface area contributed by atoms with Crippen LogP contribution in [-0.4, -0.2) is 22.8 Å². The second-order valence-electron chi connectivity index (χ2n) is 5.18. The van der Waals surface area contributed by atoms with Crippen molar-refractivity contribution in [2.75, 3.05) is 17.3 Å². The summed E-state index contributed by atoms with van der Waals surface area (Å²) in [7, 11) is 0. The Balaban J connectivity index is 1.94. The molecular formula is C15H19ClN2S. The fraction of sp³-hybridized carbons (Fsp3) is 0.533. The van der Waals surface area contributed by atoms with Gasteiger partial charge in [0, 0.05) is 23.9 Å². The molecule has 1 aromatic heterocycles. The number of hydrogen-bond acceptors (Lipinski definition) is 3. The van der Waals surface area contributed by atoms with E-state index in [4.69, 9.17) is 11.6 Å². The van der Waals surface area contributed by atoms with E-state index in [0.717, 1.165) is 12.1 Å². The van der Waals surface area contributed by atoms with Crippen molar-refractivity contribution in [1.82, 2.24) is 4.37 Å². The number of fused-ring (bicyclic) bond motifs is 1. The van der Waals surface area contributed by atoms with Crippen LogP contribution in [0.4, 0.5) is 5.00 Å². The van der Waals surface area contributed by atoms with Gasteiger partial charge in [-0.05, 0) is 36.5 Å². The van der Waals surface area contributed by atoms with Crippen LogP contribution in [0.2, 0.25) is 0 Å². The zero-order valence-corrected chi connectivity index (χ0v) is 12.6. The van der Waals surface area contributed by atoms with Crippen LogP contribution in [-0.2, 0) is 0 Å². The molecule has 102 valence electrons. The van der Waals surface area contributed by atoms with Crippen LogP contribution in [0.25, 0.3) is 10.9 Å². The molecule has 0 N–H and O–H groups in total. The van der Waals surface area contributed by atoms with Gasteiger partial charge in [0.15, 0.2) is 0 Å².